The third kappa shape index (κ3) is 3.65. The number of carbonyl (C=O) groups excluding carboxylic acids is 2. The van der Waals surface area contributed by atoms with E-state index in [0.29, 0.717) is 4.90 Å². The number of hydrogen-bond donors (Lipinski definition) is 0. The molecule has 12 heteroatoms. The van der Waals surface area contributed by atoms with Crippen LogP contribution in [0.2, 0.25) is 0 Å². The van der Waals surface area contributed by atoms with Gasteiger partial charge in [0, 0.05) is 27.2 Å². The number of alkyl halides is 3. The number of aromatic nitrogens is 3. The number of carbonyl (C=O) groups is 2. The number of amides is 2. The van der Waals surface area contributed by atoms with Gasteiger partial charge in [-0.25, -0.2) is 9.48 Å². The minimum absolute atomic E-state index is 0.0217. The summed E-state index contributed by atoms with van der Waals surface area (Å²) in [6, 6.07) is 4.21. The van der Waals surface area contributed by atoms with Crippen molar-refractivity contribution in [2.75, 3.05) is 24.5 Å². The third-order valence-corrected chi connectivity index (χ3v) is 4.53. The van der Waals surface area contributed by atoms with E-state index < -0.39 is 46.9 Å². The maximum absolute atomic E-state index is 13.2. The number of rotatable bonds is 2. The fourth-order valence-corrected chi connectivity index (χ4v) is 3.01. The summed E-state index contributed by atoms with van der Waals surface area (Å²) in [7, 11) is 2.59. The molecular weight excluding hydrogens is 395 g/mol. The molecule has 0 atom stereocenters. The standard InChI is InChI=1S/C17H16F3N5O4/c1-22-15(28)13(21-23(2)16(22)29)24-7-8-25(12(26)9-24)14(27)10-5-3-4-6-11(10)17(18,19)20/h3-6H,7-9H2,1-2H3. The average molecular weight is 411 g/mol. The minimum Gasteiger partial charge on any atom is -0.339 e. The molecule has 9 nitrogen and oxygen atoms in total. The van der Waals surface area contributed by atoms with Crippen LogP contribution in [0.4, 0.5) is 19.0 Å². The van der Waals surface area contributed by atoms with E-state index in [-0.39, 0.29) is 18.9 Å². The molecule has 3 rings (SSSR count). The number of anilines is 1. The number of benzene rings is 1. The Morgan fingerprint density at radius 2 is 1.72 bits per heavy atom. The van der Waals surface area contributed by atoms with Crippen molar-refractivity contribution in [1.82, 2.24) is 19.2 Å². The van der Waals surface area contributed by atoms with Gasteiger partial charge in [0.05, 0.1) is 17.7 Å². The number of hydrogen-bond acceptors (Lipinski definition) is 6. The first-order chi connectivity index (χ1) is 13.5. The van der Waals surface area contributed by atoms with Crippen LogP contribution in [0, 0.1) is 0 Å². The maximum Gasteiger partial charge on any atom is 0.417 e. The lowest BCUT2D eigenvalue weighted by Crippen LogP contribution is -2.55. The Hall–Kier alpha value is -3.44. The molecule has 1 aromatic carbocycles. The van der Waals surface area contributed by atoms with Crippen molar-refractivity contribution in [3.63, 3.8) is 0 Å². The molecule has 154 valence electrons. The van der Waals surface area contributed by atoms with Crippen LogP contribution in [0.3, 0.4) is 0 Å². The number of piperazine rings is 1. The van der Waals surface area contributed by atoms with Gasteiger partial charge in [0.2, 0.25) is 11.7 Å². The number of aryl methyl sites for hydroxylation is 1. The highest BCUT2D eigenvalue weighted by atomic mass is 19.4. The average Bonchev–Trinajstić information content (AvgIpc) is 2.68. The zero-order valence-electron chi connectivity index (χ0n) is 15.4. The molecule has 1 aliphatic rings. The van der Waals surface area contributed by atoms with Gasteiger partial charge in [-0.15, -0.1) is 5.10 Å². The smallest absolute Gasteiger partial charge is 0.339 e. The van der Waals surface area contributed by atoms with E-state index in [1.807, 2.05) is 0 Å². The van der Waals surface area contributed by atoms with Crippen LogP contribution in [0.25, 0.3) is 0 Å². The van der Waals surface area contributed by atoms with E-state index in [9.17, 15) is 32.3 Å². The number of halogens is 3. The van der Waals surface area contributed by atoms with Crippen molar-refractivity contribution < 1.29 is 22.8 Å². The quantitative estimate of drug-likeness (QED) is 0.645. The maximum atomic E-state index is 13.2. The SMILES string of the molecule is Cn1nc(N2CCN(C(=O)c3ccccc3C(F)(F)F)C(=O)C2)c(=O)n(C)c1=O. The van der Waals surface area contributed by atoms with E-state index in [4.69, 9.17) is 0 Å². The second-order valence-electron chi connectivity index (χ2n) is 6.41. The molecule has 0 saturated carbocycles. The molecule has 0 aliphatic carbocycles. The normalized spacial score (nSPS) is 15.0. The Morgan fingerprint density at radius 3 is 2.34 bits per heavy atom. The summed E-state index contributed by atoms with van der Waals surface area (Å²) in [5, 5.41) is 3.86. The van der Waals surface area contributed by atoms with Crippen LogP contribution in [-0.4, -0.2) is 50.7 Å². The molecule has 0 radical (unpaired) electrons. The summed E-state index contributed by atoms with van der Waals surface area (Å²) in [6.07, 6.45) is -4.75. The highest BCUT2D eigenvalue weighted by molar-refractivity contribution is 6.07. The molecule has 0 spiro atoms. The summed E-state index contributed by atoms with van der Waals surface area (Å²) in [5.41, 5.74) is -3.13. The predicted molar refractivity (Wildman–Crippen MR) is 94.4 cm³/mol. The second kappa shape index (κ2) is 7.18. The van der Waals surface area contributed by atoms with Crippen molar-refractivity contribution >= 4 is 17.6 Å². The van der Waals surface area contributed by atoms with Gasteiger partial charge in [-0.1, -0.05) is 12.1 Å². The molecule has 1 saturated heterocycles. The molecule has 1 fully saturated rings. The summed E-state index contributed by atoms with van der Waals surface area (Å²) >= 11 is 0. The van der Waals surface area contributed by atoms with Gasteiger partial charge in [0.15, 0.2) is 0 Å². The molecule has 0 unspecified atom stereocenters. The second-order valence-corrected chi connectivity index (χ2v) is 6.41. The van der Waals surface area contributed by atoms with Crippen molar-refractivity contribution in [3.05, 3.63) is 56.2 Å². The van der Waals surface area contributed by atoms with Crippen LogP contribution in [0.1, 0.15) is 15.9 Å². The van der Waals surface area contributed by atoms with Crippen molar-refractivity contribution in [2.45, 2.75) is 6.18 Å². The molecule has 2 heterocycles. The first kappa shape index (κ1) is 20.3. The lowest BCUT2D eigenvalue weighted by atomic mass is 10.1. The predicted octanol–water partition coefficient (Wildman–Crippen LogP) is -0.0132. The molecule has 1 aliphatic heterocycles. The topological polar surface area (TPSA) is 97.5 Å². The van der Waals surface area contributed by atoms with Crippen molar-refractivity contribution in [1.29, 1.82) is 0 Å². The van der Waals surface area contributed by atoms with Crippen LogP contribution < -0.4 is 16.1 Å². The fraction of sp³-hybridized carbons (Fsp3) is 0.353. The van der Waals surface area contributed by atoms with E-state index in [1.54, 1.807) is 0 Å². The summed E-state index contributed by atoms with van der Waals surface area (Å²) in [4.78, 5) is 51.1. The lowest BCUT2D eigenvalue weighted by Gasteiger charge is -2.33. The number of imide groups is 1. The molecule has 1 aromatic heterocycles. The van der Waals surface area contributed by atoms with Gasteiger partial charge in [-0.05, 0) is 12.1 Å². The zero-order chi connectivity index (χ0) is 21.5. The van der Waals surface area contributed by atoms with Gasteiger partial charge in [-0.2, -0.15) is 13.2 Å². The zero-order valence-corrected chi connectivity index (χ0v) is 15.4. The Morgan fingerprint density at radius 1 is 1.07 bits per heavy atom. The number of nitrogens with zero attached hydrogens (tertiary/aromatic N) is 5. The summed E-state index contributed by atoms with van der Waals surface area (Å²) < 4.78 is 41.3. The molecule has 2 aromatic rings. The Kier molecular flexibility index (Phi) is 5.03. The van der Waals surface area contributed by atoms with Crippen molar-refractivity contribution in [3.8, 4) is 0 Å². The largest absolute Gasteiger partial charge is 0.417 e. The van der Waals surface area contributed by atoms with E-state index in [0.717, 1.165) is 27.4 Å². The van der Waals surface area contributed by atoms with Crippen LogP contribution in [0.5, 0.6) is 0 Å². The summed E-state index contributed by atoms with van der Waals surface area (Å²) in [6.45, 7) is -0.704. The van der Waals surface area contributed by atoms with Gasteiger partial charge in [-0.3, -0.25) is 23.9 Å². The van der Waals surface area contributed by atoms with Crippen molar-refractivity contribution in [2.24, 2.45) is 14.1 Å². The highest BCUT2D eigenvalue weighted by Gasteiger charge is 2.38. The van der Waals surface area contributed by atoms with Gasteiger partial charge in [0.25, 0.3) is 11.5 Å². The molecular formula is C17H16F3N5O4. The Balaban J connectivity index is 1.87. The monoisotopic (exact) mass is 411 g/mol. The molecule has 2 amide bonds. The Labute approximate surface area is 161 Å². The Bertz CT molecular complexity index is 1110. The van der Waals surface area contributed by atoms with E-state index >= 15 is 0 Å². The molecule has 0 N–H and O–H groups in total. The fourth-order valence-electron chi connectivity index (χ4n) is 3.01. The van der Waals surface area contributed by atoms with E-state index in [1.165, 1.54) is 25.1 Å². The first-order valence-electron chi connectivity index (χ1n) is 8.42. The molecule has 0 bridgehead atoms. The highest BCUT2D eigenvalue weighted by Crippen LogP contribution is 2.32. The summed E-state index contributed by atoms with van der Waals surface area (Å²) in [5.74, 6) is -2.01. The minimum atomic E-state index is -4.75. The third-order valence-electron chi connectivity index (χ3n) is 4.53. The lowest BCUT2D eigenvalue weighted by molar-refractivity contribution is -0.138. The van der Waals surface area contributed by atoms with Crippen LogP contribution in [-0.2, 0) is 25.1 Å². The molecule has 29 heavy (non-hydrogen) atoms. The van der Waals surface area contributed by atoms with Gasteiger partial charge < -0.3 is 4.90 Å². The first-order valence-corrected chi connectivity index (χ1v) is 8.42. The van der Waals surface area contributed by atoms with Crippen LogP contribution >= 0.6 is 0 Å². The van der Waals surface area contributed by atoms with Gasteiger partial charge in [0.1, 0.15) is 0 Å². The van der Waals surface area contributed by atoms with Crippen LogP contribution in [0.15, 0.2) is 33.9 Å². The van der Waals surface area contributed by atoms with Gasteiger partial charge >= 0.3 is 11.9 Å². The van der Waals surface area contributed by atoms with E-state index in [2.05, 4.69) is 5.10 Å².